The third-order valence-corrected chi connectivity index (χ3v) is 10.0. The van der Waals surface area contributed by atoms with Crippen LogP contribution in [0.5, 0.6) is 0 Å². The van der Waals surface area contributed by atoms with Crippen LogP contribution < -0.4 is 0 Å². The number of hydrogen-bond donors (Lipinski definition) is 0. The molecular formula is C47H31N5. The summed E-state index contributed by atoms with van der Waals surface area (Å²) in [5.41, 5.74) is 12.6. The van der Waals surface area contributed by atoms with Crippen LogP contribution in [0, 0.1) is 52.3 Å². The number of aromatic nitrogens is 2. The second-order valence-electron chi connectivity index (χ2n) is 13.1. The fraction of sp³-hybridized carbons (Fsp3) is 0.0851. The summed E-state index contributed by atoms with van der Waals surface area (Å²) in [6, 6.07) is 43.5. The minimum Gasteiger partial charge on any atom is -0.312 e. The molecule has 1 aliphatic carbocycles. The number of benzene rings is 5. The number of terminal acetylenes is 1. The quantitative estimate of drug-likeness (QED) is 0.136. The monoisotopic (exact) mass is 665 g/mol. The van der Waals surface area contributed by atoms with Crippen molar-refractivity contribution < 1.29 is 0 Å². The van der Waals surface area contributed by atoms with Crippen LogP contribution >= 0.6 is 0 Å². The lowest BCUT2D eigenvalue weighted by Gasteiger charge is -2.20. The lowest BCUT2D eigenvalue weighted by molar-refractivity contribution is 0.691. The molecule has 5 heteroatoms. The van der Waals surface area contributed by atoms with Crippen molar-refractivity contribution in [1.29, 1.82) is 15.8 Å². The Labute approximate surface area is 302 Å². The van der Waals surface area contributed by atoms with Crippen LogP contribution in [0.2, 0.25) is 0 Å². The zero-order valence-corrected chi connectivity index (χ0v) is 28.7. The van der Waals surface area contributed by atoms with Gasteiger partial charge in [0.05, 0.1) is 51.6 Å². The highest BCUT2D eigenvalue weighted by Gasteiger charge is 2.24. The maximum atomic E-state index is 10.5. The van der Waals surface area contributed by atoms with Gasteiger partial charge in [-0.25, -0.2) is 0 Å². The molecule has 0 fully saturated rings. The first-order valence-corrected chi connectivity index (χ1v) is 17.2. The molecule has 0 amide bonds. The van der Waals surface area contributed by atoms with Crippen LogP contribution in [0.3, 0.4) is 0 Å². The van der Waals surface area contributed by atoms with Gasteiger partial charge in [0.25, 0.3) is 0 Å². The van der Waals surface area contributed by atoms with E-state index in [1.807, 2.05) is 41.0 Å². The molecule has 0 radical (unpaired) electrons. The summed E-state index contributed by atoms with van der Waals surface area (Å²) >= 11 is 0. The third kappa shape index (κ3) is 5.01. The molecule has 0 aliphatic heterocycles. The van der Waals surface area contributed by atoms with E-state index >= 15 is 0 Å². The van der Waals surface area contributed by atoms with E-state index in [-0.39, 0.29) is 0 Å². The van der Waals surface area contributed by atoms with Gasteiger partial charge < -0.3 is 9.13 Å². The van der Waals surface area contributed by atoms with Gasteiger partial charge in [0.2, 0.25) is 0 Å². The summed E-state index contributed by atoms with van der Waals surface area (Å²) in [6.07, 6.45) is 13.4. The molecule has 244 valence electrons. The number of allylic oxidation sites excluding steroid dienone is 3. The topological polar surface area (TPSA) is 81.2 Å². The Kier molecular flexibility index (Phi) is 7.90. The molecule has 7 aromatic rings. The standard InChI is InChI=1S/C47H31N5/c1-4-32(28-49)47-41-24-31(27-48)18-22-45(41)51(42(47)5-2)36-19-21-37(35(26-36)29-50)33-11-10-12-34(25-33)38-13-6-8-15-43(38)52-44-16-9-7-14-39(44)40-20-17-30(3)23-46(40)52/h2,4,6-22,24-26,30H,23H2,1,3H3/b32-4-. The van der Waals surface area contributed by atoms with Gasteiger partial charge in [0, 0.05) is 38.8 Å². The fourth-order valence-electron chi connectivity index (χ4n) is 7.70. The van der Waals surface area contributed by atoms with E-state index in [0.717, 1.165) is 39.9 Å². The van der Waals surface area contributed by atoms with E-state index < -0.39 is 0 Å². The van der Waals surface area contributed by atoms with Crippen LogP contribution in [0.25, 0.3) is 67.1 Å². The molecular weight excluding hydrogens is 635 g/mol. The Hall–Kier alpha value is -7.31. The summed E-state index contributed by atoms with van der Waals surface area (Å²) in [6.45, 7) is 4.05. The molecule has 0 saturated heterocycles. The van der Waals surface area contributed by atoms with Crippen molar-refractivity contribution in [3.8, 4) is 64.2 Å². The molecule has 1 atom stereocenters. The summed E-state index contributed by atoms with van der Waals surface area (Å²) in [7, 11) is 0. The SMILES string of the molecule is C#Cc1c(/C(C#N)=C\C)c2cc(C#N)ccc2n1-c1ccc(-c2cccc(-c3ccccc3-n3c4c(c5ccccc53)C=CC(C)C4)c2)c(C#N)c1. The van der Waals surface area contributed by atoms with E-state index in [1.54, 1.807) is 25.1 Å². The third-order valence-electron chi connectivity index (χ3n) is 10.0. The maximum Gasteiger partial charge on any atom is 0.106 e. The number of nitrogens with zero attached hydrogens (tertiary/aromatic N) is 5. The van der Waals surface area contributed by atoms with Gasteiger partial charge in [-0.15, -0.1) is 6.42 Å². The molecule has 0 spiro atoms. The van der Waals surface area contributed by atoms with E-state index in [1.165, 1.54) is 22.2 Å². The molecule has 5 aromatic carbocycles. The van der Waals surface area contributed by atoms with Gasteiger partial charge in [0.1, 0.15) is 5.69 Å². The highest BCUT2D eigenvalue weighted by molar-refractivity contribution is 6.01. The van der Waals surface area contributed by atoms with Crippen LogP contribution in [0.15, 0.2) is 121 Å². The normalized spacial score (nSPS) is 13.7. The lowest BCUT2D eigenvalue weighted by atomic mass is 9.94. The van der Waals surface area contributed by atoms with Gasteiger partial charge in [-0.1, -0.05) is 91.7 Å². The predicted octanol–water partition coefficient (Wildman–Crippen LogP) is 10.8. The molecule has 0 bridgehead atoms. The first kappa shape index (κ1) is 31.9. The molecule has 0 N–H and O–H groups in total. The Morgan fingerprint density at radius 3 is 2.31 bits per heavy atom. The number of fused-ring (bicyclic) bond motifs is 4. The number of hydrogen-bond acceptors (Lipinski definition) is 3. The molecule has 1 aliphatic rings. The van der Waals surface area contributed by atoms with Gasteiger partial charge in [-0.05, 0) is 84.5 Å². The van der Waals surface area contributed by atoms with Crippen molar-refractivity contribution in [3.05, 3.63) is 155 Å². The van der Waals surface area contributed by atoms with Crippen molar-refractivity contribution in [1.82, 2.24) is 9.13 Å². The van der Waals surface area contributed by atoms with Crippen molar-refractivity contribution in [3.63, 3.8) is 0 Å². The molecule has 1 unspecified atom stereocenters. The molecule has 2 aromatic heterocycles. The van der Waals surface area contributed by atoms with E-state index in [0.29, 0.717) is 44.9 Å². The van der Waals surface area contributed by atoms with Crippen LogP contribution in [0.1, 0.15) is 47.5 Å². The number of para-hydroxylation sites is 2. The zero-order valence-electron chi connectivity index (χ0n) is 28.7. The van der Waals surface area contributed by atoms with Crippen molar-refractivity contribution in [2.45, 2.75) is 20.3 Å². The second kappa shape index (κ2) is 12.9. The first-order chi connectivity index (χ1) is 25.5. The summed E-state index contributed by atoms with van der Waals surface area (Å²) in [5, 5.41) is 32.1. The fourth-order valence-corrected chi connectivity index (χ4v) is 7.70. The summed E-state index contributed by atoms with van der Waals surface area (Å²) < 4.78 is 4.31. The largest absolute Gasteiger partial charge is 0.312 e. The van der Waals surface area contributed by atoms with Crippen LogP contribution in [-0.2, 0) is 6.42 Å². The second-order valence-corrected chi connectivity index (χ2v) is 13.1. The van der Waals surface area contributed by atoms with Crippen molar-refractivity contribution >= 4 is 33.5 Å². The number of rotatable bonds is 5. The van der Waals surface area contributed by atoms with Gasteiger partial charge in [-0.2, -0.15) is 15.8 Å². The van der Waals surface area contributed by atoms with Gasteiger partial charge >= 0.3 is 0 Å². The Bertz CT molecular complexity index is 2840. The molecule has 8 rings (SSSR count). The Balaban J connectivity index is 1.27. The highest BCUT2D eigenvalue weighted by atomic mass is 15.0. The Morgan fingerprint density at radius 1 is 0.769 bits per heavy atom. The predicted molar refractivity (Wildman–Crippen MR) is 210 cm³/mol. The Morgan fingerprint density at radius 2 is 1.54 bits per heavy atom. The molecule has 0 saturated carbocycles. The lowest BCUT2D eigenvalue weighted by Crippen LogP contribution is -2.09. The van der Waals surface area contributed by atoms with E-state index in [2.05, 4.69) is 108 Å². The zero-order chi connectivity index (χ0) is 35.9. The van der Waals surface area contributed by atoms with Gasteiger partial charge in [0.15, 0.2) is 0 Å². The number of nitriles is 3. The molecule has 52 heavy (non-hydrogen) atoms. The maximum absolute atomic E-state index is 10.5. The smallest absolute Gasteiger partial charge is 0.106 e. The molecule has 2 heterocycles. The molecule has 5 nitrogen and oxygen atoms in total. The average molecular weight is 666 g/mol. The minimum atomic E-state index is 0.417. The minimum absolute atomic E-state index is 0.417. The first-order valence-electron chi connectivity index (χ1n) is 17.2. The van der Waals surface area contributed by atoms with Crippen molar-refractivity contribution in [2.24, 2.45) is 5.92 Å². The summed E-state index contributed by atoms with van der Waals surface area (Å²) in [5.74, 6) is 3.24. The summed E-state index contributed by atoms with van der Waals surface area (Å²) in [4.78, 5) is 0. The van der Waals surface area contributed by atoms with E-state index in [4.69, 9.17) is 6.42 Å². The van der Waals surface area contributed by atoms with Crippen molar-refractivity contribution in [2.75, 3.05) is 0 Å². The van der Waals surface area contributed by atoms with E-state index in [9.17, 15) is 15.8 Å². The van der Waals surface area contributed by atoms with Crippen LogP contribution in [0.4, 0.5) is 0 Å². The average Bonchev–Trinajstić information content (AvgIpc) is 3.69. The van der Waals surface area contributed by atoms with Gasteiger partial charge in [-0.3, -0.25) is 0 Å². The highest BCUT2D eigenvalue weighted by Crippen LogP contribution is 2.40. The van der Waals surface area contributed by atoms with Crippen LogP contribution in [-0.4, -0.2) is 9.13 Å².